The average molecular weight is 257 g/mol. The van der Waals surface area contributed by atoms with E-state index in [1.165, 1.54) is 6.07 Å². The number of nitrogens with two attached hydrogens (primary N) is 1. The Labute approximate surface area is 111 Å². The van der Waals surface area contributed by atoms with Crippen LogP contribution in [0.15, 0.2) is 24.3 Å². The molecule has 0 saturated heterocycles. The molecule has 0 atom stereocenters. The second-order valence-electron chi connectivity index (χ2n) is 4.80. The Balaban J connectivity index is 2.17. The van der Waals surface area contributed by atoms with Crippen LogP contribution in [0.2, 0.25) is 0 Å². The Bertz CT molecular complexity index is 554. The number of carbonyl (C=O) groups is 2. The van der Waals surface area contributed by atoms with Gasteiger partial charge in [0.25, 0.3) is 0 Å². The topological polar surface area (TPSA) is 96.0 Å². The van der Waals surface area contributed by atoms with Crippen LogP contribution in [0.3, 0.4) is 0 Å². The van der Waals surface area contributed by atoms with E-state index < -0.39 is 11.3 Å². The maximum Gasteiger partial charge on any atom is 0.248 e. The first kappa shape index (κ1) is 13.1. The summed E-state index contributed by atoms with van der Waals surface area (Å²) in [6.45, 7) is 0. The first-order valence-electron chi connectivity index (χ1n) is 6.20. The van der Waals surface area contributed by atoms with Crippen LogP contribution in [-0.4, -0.2) is 11.8 Å². The van der Waals surface area contributed by atoms with Crippen molar-refractivity contribution in [2.24, 2.45) is 11.1 Å². The normalized spacial score (nSPS) is 16.6. The van der Waals surface area contributed by atoms with Gasteiger partial charge in [0.15, 0.2) is 0 Å². The number of nitrogens with one attached hydrogen (secondary N) is 1. The summed E-state index contributed by atoms with van der Waals surface area (Å²) in [4.78, 5) is 23.3. The van der Waals surface area contributed by atoms with Crippen molar-refractivity contribution in [2.45, 2.75) is 25.7 Å². The molecule has 3 N–H and O–H groups in total. The molecule has 1 aromatic rings. The Morgan fingerprint density at radius 2 is 2.00 bits per heavy atom. The third-order valence-corrected chi connectivity index (χ3v) is 3.51. The van der Waals surface area contributed by atoms with Crippen LogP contribution in [0.25, 0.3) is 0 Å². The van der Waals surface area contributed by atoms with Crippen molar-refractivity contribution < 1.29 is 9.59 Å². The van der Waals surface area contributed by atoms with Gasteiger partial charge >= 0.3 is 0 Å². The standard InChI is InChI=1S/C14H15N3O2/c15-9-14(6-1-2-7-14)13(19)17-11-5-3-4-10(8-11)12(16)18/h3-5,8H,1-2,6-7H2,(H2,16,18)(H,17,19). The van der Waals surface area contributed by atoms with Gasteiger partial charge in [0.2, 0.25) is 11.8 Å². The minimum absolute atomic E-state index is 0.297. The number of benzene rings is 1. The SMILES string of the molecule is N#CC1(C(=O)Nc2cccc(C(N)=O)c2)CCCC1. The smallest absolute Gasteiger partial charge is 0.248 e. The van der Waals surface area contributed by atoms with E-state index in [4.69, 9.17) is 5.73 Å². The van der Waals surface area contributed by atoms with Gasteiger partial charge in [0.05, 0.1) is 6.07 Å². The fraction of sp³-hybridized carbons (Fsp3) is 0.357. The molecule has 1 saturated carbocycles. The third kappa shape index (κ3) is 2.58. The molecule has 1 aromatic carbocycles. The molecule has 0 bridgehead atoms. The summed E-state index contributed by atoms with van der Waals surface area (Å²) >= 11 is 0. The van der Waals surface area contributed by atoms with E-state index in [0.717, 1.165) is 12.8 Å². The van der Waals surface area contributed by atoms with Gasteiger partial charge in [-0.2, -0.15) is 5.26 Å². The Morgan fingerprint density at radius 3 is 2.58 bits per heavy atom. The van der Waals surface area contributed by atoms with Gasteiger partial charge in [-0.05, 0) is 31.0 Å². The fourth-order valence-corrected chi connectivity index (χ4v) is 2.37. The molecule has 0 aliphatic heterocycles. The second-order valence-corrected chi connectivity index (χ2v) is 4.80. The zero-order chi connectivity index (χ0) is 13.9. The van der Waals surface area contributed by atoms with Crippen LogP contribution in [0.5, 0.6) is 0 Å². The van der Waals surface area contributed by atoms with Crippen LogP contribution >= 0.6 is 0 Å². The van der Waals surface area contributed by atoms with E-state index in [9.17, 15) is 14.9 Å². The number of nitrogens with zero attached hydrogens (tertiary/aromatic N) is 1. The van der Waals surface area contributed by atoms with Gasteiger partial charge in [-0.1, -0.05) is 18.9 Å². The zero-order valence-electron chi connectivity index (χ0n) is 10.5. The first-order chi connectivity index (χ1) is 9.07. The molecule has 0 spiro atoms. The number of nitriles is 1. The highest BCUT2D eigenvalue weighted by molar-refractivity contribution is 5.99. The summed E-state index contributed by atoms with van der Waals surface area (Å²) in [5.41, 5.74) is 5.07. The highest BCUT2D eigenvalue weighted by Crippen LogP contribution is 2.38. The zero-order valence-corrected chi connectivity index (χ0v) is 10.5. The van der Waals surface area contributed by atoms with E-state index in [0.29, 0.717) is 24.1 Å². The van der Waals surface area contributed by atoms with E-state index >= 15 is 0 Å². The molecule has 5 heteroatoms. The number of amides is 2. The predicted octanol–water partition coefficient (Wildman–Crippen LogP) is 1.81. The lowest BCUT2D eigenvalue weighted by molar-refractivity contribution is -0.122. The van der Waals surface area contributed by atoms with Crippen LogP contribution in [-0.2, 0) is 4.79 Å². The summed E-state index contributed by atoms with van der Waals surface area (Å²) in [6, 6.07) is 8.54. The maximum atomic E-state index is 12.2. The molecule has 19 heavy (non-hydrogen) atoms. The molecule has 2 amide bonds. The highest BCUT2D eigenvalue weighted by Gasteiger charge is 2.41. The Hall–Kier alpha value is -2.35. The summed E-state index contributed by atoms with van der Waals surface area (Å²) < 4.78 is 0. The summed E-state index contributed by atoms with van der Waals surface area (Å²) in [5, 5.41) is 11.9. The molecule has 1 aliphatic carbocycles. The molecule has 98 valence electrons. The molecule has 1 fully saturated rings. The summed E-state index contributed by atoms with van der Waals surface area (Å²) in [5.74, 6) is -0.846. The predicted molar refractivity (Wildman–Crippen MR) is 70.1 cm³/mol. The van der Waals surface area contributed by atoms with Gasteiger partial charge in [0, 0.05) is 11.3 Å². The lowest BCUT2D eigenvalue weighted by atomic mass is 9.87. The molecule has 0 heterocycles. The molecule has 0 radical (unpaired) electrons. The van der Waals surface area contributed by atoms with E-state index in [2.05, 4.69) is 11.4 Å². The second kappa shape index (κ2) is 5.11. The van der Waals surface area contributed by atoms with Crippen LogP contribution in [0.4, 0.5) is 5.69 Å². The number of hydrogen-bond acceptors (Lipinski definition) is 3. The number of anilines is 1. The van der Waals surface area contributed by atoms with Crippen LogP contribution < -0.4 is 11.1 Å². The first-order valence-corrected chi connectivity index (χ1v) is 6.20. The van der Waals surface area contributed by atoms with Crippen molar-refractivity contribution >= 4 is 17.5 Å². The molecule has 0 aromatic heterocycles. The molecule has 1 aliphatic rings. The minimum Gasteiger partial charge on any atom is -0.366 e. The van der Waals surface area contributed by atoms with E-state index in [-0.39, 0.29) is 5.91 Å². The van der Waals surface area contributed by atoms with E-state index in [1.807, 2.05) is 0 Å². The van der Waals surface area contributed by atoms with Crippen molar-refractivity contribution in [3.8, 4) is 6.07 Å². The number of carbonyl (C=O) groups excluding carboxylic acids is 2. The minimum atomic E-state index is -0.928. The molecule has 0 unspecified atom stereocenters. The van der Waals surface area contributed by atoms with Gasteiger partial charge in [-0.15, -0.1) is 0 Å². The van der Waals surface area contributed by atoms with Crippen molar-refractivity contribution in [3.05, 3.63) is 29.8 Å². The number of primary amides is 1. The maximum absolute atomic E-state index is 12.2. The molecule has 5 nitrogen and oxygen atoms in total. The van der Waals surface area contributed by atoms with Crippen molar-refractivity contribution in [2.75, 3.05) is 5.32 Å². The van der Waals surface area contributed by atoms with Gasteiger partial charge < -0.3 is 11.1 Å². The van der Waals surface area contributed by atoms with Crippen molar-refractivity contribution in [1.29, 1.82) is 5.26 Å². The molecule has 2 rings (SSSR count). The number of rotatable bonds is 3. The van der Waals surface area contributed by atoms with Gasteiger partial charge in [-0.3, -0.25) is 9.59 Å². The Morgan fingerprint density at radius 1 is 1.32 bits per heavy atom. The molecular formula is C14H15N3O2. The monoisotopic (exact) mass is 257 g/mol. The van der Waals surface area contributed by atoms with E-state index in [1.54, 1.807) is 18.2 Å². The van der Waals surface area contributed by atoms with Gasteiger partial charge in [0.1, 0.15) is 5.41 Å². The fourth-order valence-electron chi connectivity index (χ4n) is 2.37. The quantitative estimate of drug-likeness (QED) is 0.864. The largest absolute Gasteiger partial charge is 0.366 e. The lowest BCUT2D eigenvalue weighted by Crippen LogP contribution is -2.32. The number of hydrogen-bond donors (Lipinski definition) is 2. The Kier molecular flexibility index (Phi) is 3.52. The average Bonchev–Trinajstić information content (AvgIpc) is 2.89. The van der Waals surface area contributed by atoms with Crippen molar-refractivity contribution in [3.63, 3.8) is 0 Å². The summed E-state index contributed by atoms with van der Waals surface area (Å²) in [7, 11) is 0. The highest BCUT2D eigenvalue weighted by atomic mass is 16.2. The lowest BCUT2D eigenvalue weighted by Gasteiger charge is -2.19. The van der Waals surface area contributed by atoms with Crippen LogP contribution in [0.1, 0.15) is 36.0 Å². The van der Waals surface area contributed by atoms with Crippen LogP contribution in [0, 0.1) is 16.7 Å². The van der Waals surface area contributed by atoms with Crippen molar-refractivity contribution in [1.82, 2.24) is 0 Å². The summed E-state index contributed by atoms with van der Waals surface area (Å²) in [6.07, 6.45) is 2.96. The molecular weight excluding hydrogens is 242 g/mol. The third-order valence-electron chi connectivity index (χ3n) is 3.51. The van der Waals surface area contributed by atoms with Gasteiger partial charge in [-0.25, -0.2) is 0 Å².